The number of aryl methyl sites for hydroxylation is 1. The molecule has 1 amide bonds. The van der Waals surface area contributed by atoms with E-state index in [2.05, 4.69) is 4.90 Å². The molecule has 144 valence electrons. The van der Waals surface area contributed by atoms with E-state index in [-0.39, 0.29) is 23.8 Å². The van der Waals surface area contributed by atoms with Gasteiger partial charge in [-0.15, -0.1) is 0 Å². The lowest BCUT2D eigenvalue weighted by Crippen LogP contribution is -2.43. The number of fused-ring (bicyclic) bond motifs is 1. The van der Waals surface area contributed by atoms with Gasteiger partial charge >= 0.3 is 6.09 Å². The van der Waals surface area contributed by atoms with Gasteiger partial charge in [-0.05, 0) is 45.2 Å². The Balaban J connectivity index is 2.06. The average Bonchev–Trinajstić information content (AvgIpc) is 2.56. The number of ether oxygens (including phenoxy) is 1. The Labute approximate surface area is 153 Å². The van der Waals surface area contributed by atoms with Crippen LogP contribution in [0.4, 0.5) is 16.2 Å². The number of nitrogens with zero attached hydrogens (tertiary/aromatic N) is 3. The third-order valence-corrected chi connectivity index (χ3v) is 4.15. The number of hydrogen-bond donors (Lipinski definition) is 1. The highest BCUT2D eigenvalue weighted by molar-refractivity contribution is 5.68. The molecule has 26 heavy (non-hydrogen) atoms. The molecule has 1 aliphatic rings. The highest BCUT2D eigenvalue weighted by atomic mass is 16.6. The van der Waals surface area contributed by atoms with Crippen molar-refractivity contribution in [3.63, 3.8) is 0 Å². The van der Waals surface area contributed by atoms with Gasteiger partial charge < -0.3 is 19.6 Å². The van der Waals surface area contributed by atoms with Crippen LogP contribution in [0.3, 0.4) is 0 Å². The third kappa shape index (κ3) is 5.32. The normalized spacial score (nSPS) is 13.9. The molecule has 0 saturated carbocycles. The molecule has 1 aliphatic heterocycles. The van der Waals surface area contributed by atoms with Crippen molar-refractivity contribution in [2.45, 2.75) is 39.2 Å². The molecule has 8 heteroatoms. The zero-order valence-electron chi connectivity index (χ0n) is 15.6. The maximum absolute atomic E-state index is 12.3. The molecular formula is C18H27N3O5. The van der Waals surface area contributed by atoms with Gasteiger partial charge in [0.15, 0.2) is 0 Å². The number of rotatable bonds is 6. The van der Waals surface area contributed by atoms with Crippen LogP contribution in [0.1, 0.15) is 32.8 Å². The number of anilines is 1. The van der Waals surface area contributed by atoms with E-state index in [1.54, 1.807) is 32.9 Å². The van der Waals surface area contributed by atoms with Gasteiger partial charge in [0.25, 0.3) is 5.69 Å². The Morgan fingerprint density at radius 2 is 2.12 bits per heavy atom. The number of carbonyl (C=O) groups excluding carboxylic acids is 1. The highest BCUT2D eigenvalue weighted by Gasteiger charge is 2.24. The predicted octanol–water partition coefficient (Wildman–Crippen LogP) is 2.58. The van der Waals surface area contributed by atoms with Crippen LogP contribution in [0.5, 0.6) is 0 Å². The number of carbonyl (C=O) groups is 1. The Kier molecular flexibility index (Phi) is 6.42. The second kappa shape index (κ2) is 8.35. The third-order valence-electron chi connectivity index (χ3n) is 4.15. The SMILES string of the molecule is CC(C)(C)OC(=O)N(CCO)CCN1CCCc2cc([N+](=O)[O-])ccc21. The van der Waals surface area contributed by atoms with E-state index < -0.39 is 11.7 Å². The zero-order valence-corrected chi connectivity index (χ0v) is 15.6. The maximum atomic E-state index is 12.3. The monoisotopic (exact) mass is 365 g/mol. The lowest BCUT2D eigenvalue weighted by molar-refractivity contribution is -0.384. The summed E-state index contributed by atoms with van der Waals surface area (Å²) in [7, 11) is 0. The molecule has 0 aliphatic carbocycles. The molecule has 1 N–H and O–H groups in total. The van der Waals surface area contributed by atoms with E-state index in [4.69, 9.17) is 4.74 Å². The van der Waals surface area contributed by atoms with Crippen molar-refractivity contribution in [3.8, 4) is 0 Å². The predicted molar refractivity (Wildman–Crippen MR) is 98.5 cm³/mol. The molecule has 0 radical (unpaired) electrons. The molecule has 0 unspecified atom stereocenters. The van der Waals surface area contributed by atoms with Gasteiger partial charge in [-0.25, -0.2) is 4.79 Å². The van der Waals surface area contributed by atoms with Crippen molar-refractivity contribution in [1.82, 2.24) is 4.90 Å². The fourth-order valence-corrected chi connectivity index (χ4v) is 2.99. The summed E-state index contributed by atoms with van der Waals surface area (Å²) >= 11 is 0. The Bertz CT molecular complexity index is 657. The summed E-state index contributed by atoms with van der Waals surface area (Å²) in [4.78, 5) is 26.5. The molecule has 2 rings (SSSR count). The van der Waals surface area contributed by atoms with Crippen LogP contribution in [0, 0.1) is 10.1 Å². The van der Waals surface area contributed by atoms with E-state index in [1.807, 2.05) is 0 Å². The van der Waals surface area contributed by atoms with Crippen molar-refractivity contribution in [2.24, 2.45) is 0 Å². The number of aliphatic hydroxyl groups is 1. The lowest BCUT2D eigenvalue weighted by atomic mass is 10.0. The number of benzene rings is 1. The molecule has 0 atom stereocenters. The summed E-state index contributed by atoms with van der Waals surface area (Å²) in [6.07, 6.45) is 1.26. The van der Waals surface area contributed by atoms with Crippen LogP contribution in [0.25, 0.3) is 0 Å². The number of non-ortho nitro benzene ring substituents is 1. The summed E-state index contributed by atoms with van der Waals surface area (Å²) in [6, 6.07) is 4.91. The number of nitro benzene ring substituents is 1. The van der Waals surface area contributed by atoms with Gasteiger partial charge in [-0.3, -0.25) is 10.1 Å². The van der Waals surface area contributed by atoms with Crippen molar-refractivity contribution in [3.05, 3.63) is 33.9 Å². The van der Waals surface area contributed by atoms with E-state index >= 15 is 0 Å². The summed E-state index contributed by atoms with van der Waals surface area (Å²) in [6.45, 7) is 7.28. The maximum Gasteiger partial charge on any atom is 0.410 e. The van der Waals surface area contributed by atoms with Crippen LogP contribution in [0.2, 0.25) is 0 Å². The fraction of sp³-hybridized carbons (Fsp3) is 0.611. The number of amides is 1. The summed E-state index contributed by atoms with van der Waals surface area (Å²) in [5.41, 5.74) is 1.43. The van der Waals surface area contributed by atoms with Crippen LogP contribution in [-0.2, 0) is 11.2 Å². The molecular weight excluding hydrogens is 338 g/mol. The van der Waals surface area contributed by atoms with E-state index in [0.29, 0.717) is 13.1 Å². The van der Waals surface area contributed by atoms with Crippen LogP contribution >= 0.6 is 0 Å². The van der Waals surface area contributed by atoms with Crippen molar-refractivity contribution in [1.29, 1.82) is 0 Å². The molecule has 1 aromatic carbocycles. The van der Waals surface area contributed by atoms with Gasteiger partial charge in [-0.1, -0.05) is 0 Å². The minimum absolute atomic E-state index is 0.0984. The van der Waals surface area contributed by atoms with E-state index in [9.17, 15) is 20.0 Å². The fourth-order valence-electron chi connectivity index (χ4n) is 2.99. The van der Waals surface area contributed by atoms with Gasteiger partial charge in [0.2, 0.25) is 0 Å². The van der Waals surface area contributed by atoms with Gasteiger partial charge in [-0.2, -0.15) is 0 Å². The summed E-state index contributed by atoms with van der Waals surface area (Å²) in [5.74, 6) is 0. The Morgan fingerprint density at radius 1 is 1.38 bits per heavy atom. The summed E-state index contributed by atoms with van der Waals surface area (Å²) in [5, 5.41) is 20.2. The standard InChI is InChI=1S/C18H27N3O5/c1-18(2,3)26-17(23)20(11-12-22)10-9-19-8-4-5-14-13-15(21(24)25)6-7-16(14)19/h6-7,13,22H,4-5,8-12H2,1-3H3. The molecule has 0 aromatic heterocycles. The van der Waals surface area contributed by atoms with Gasteiger partial charge in [0.1, 0.15) is 5.60 Å². The van der Waals surface area contributed by atoms with E-state index in [1.165, 1.54) is 11.0 Å². The number of nitro groups is 1. The highest BCUT2D eigenvalue weighted by Crippen LogP contribution is 2.30. The largest absolute Gasteiger partial charge is 0.444 e. The summed E-state index contributed by atoms with van der Waals surface area (Å²) < 4.78 is 5.39. The minimum atomic E-state index is -0.596. The zero-order chi connectivity index (χ0) is 19.3. The molecule has 1 heterocycles. The van der Waals surface area contributed by atoms with Crippen molar-refractivity contribution >= 4 is 17.5 Å². The molecule has 8 nitrogen and oxygen atoms in total. The smallest absolute Gasteiger partial charge is 0.410 e. The van der Waals surface area contributed by atoms with Gasteiger partial charge in [0, 0.05) is 44.0 Å². The van der Waals surface area contributed by atoms with Crippen molar-refractivity contribution in [2.75, 3.05) is 37.7 Å². The molecule has 0 fully saturated rings. The van der Waals surface area contributed by atoms with Gasteiger partial charge in [0.05, 0.1) is 11.5 Å². The quantitative estimate of drug-likeness (QED) is 0.615. The van der Waals surface area contributed by atoms with Crippen LogP contribution < -0.4 is 4.90 Å². The van der Waals surface area contributed by atoms with Crippen molar-refractivity contribution < 1.29 is 19.6 Å². The molecule has 0 bridgehead atoms. The second-order valence-electron chi connectivity index (χ2n) is 7.35. The van der Waals surface area contributed by atoms with Crippen LogP contribution in [0.15, 0.2) is 18.2 Å². The first kappa shape index (κ1) is 20.0. The first-order chi connectivity index (χ1) is 12.2. The number of hydrogen-bond acceptors (Lipinski definition) is 6. The second-order valence-corrected chi connectivity index (χ2v) is 7.35. The van der Waals surface area contributed by atoms with E-state index in [0.717, 1.165) is 30.6 Å². The van der Waals surface area contributed by atoms with Crippen LogP contribution in [-0.4, -0.2) is 59.4 Å². The first-order valence-electron chi connectivity index (χ1n) is 8.82. The topological polar surface area (TPSA) is 96.2 Å². The first-order valence-corrected chi connectivity index (χ1v) is 8.82. The lowest BCUT2D eigenvalue weighted by Gasteiger charge is -2.33. The average molecular weight is 365 g/mol. The minimum Gasteiger partial charge on any atom is -0.444 e. The molecule has 0 spiro atoms. The molecule has 0 saturated heterocycles. The molecule has 1 aromatic rings. The Morgan fingerprint density at radius 3 is 2.73 bits per heavy atom. The number of aliphatic hydroxyl groups excluding tert-OH is 1. The Hall–Kier alpha value is -2.35.